The molecule has 1 aliphatic rings. The zero-order valence-corrected chi connectivity index (χ0v) is 18.2. The Labute approximate surface area is 187 Å². The number of alkyl halides is 1. The summed E-state index contributed by atoms with van der Waals surface area (Å²) >= 11 is 5.93. The number of amides is 1. The molecule has 162 valence electrons. The van der Waals surface area contributed by atoms with Gasteiger partial charge in [-0.25, -0.2) is 9.97 Å². The van der Waals surface area contributed by atoms with Gasteiger partial charge in [-0.1, -0.05) is 18.7 Å². The first-order chi connectivity index (χ1) is 15.0. The van der Waals surface area contributed by atoms with E-state index in [1.54, 1.807) is 6.20 Å². The molecule has 0 atom stereocenters. The van der Waals surface area contributed by atoms with Gasteiger partial charge in [0.1, 0.15) is 0 Å². The van der Waals surface area contributed by atoms with Crippen LogP contribution in [-0.4, -0.2) is 53.0 Å². The summed E-state index contributed by atoms with van der Waals surface area (Å²) in [7, 11) is 0. The molecule has 8 heteroatoms. The number of carbonyl (C=O) groups excluding carboxylic acids is 1. The Morgan fingerprint density at radius 2 is 1.94 bits per heavy atom. The van der Waals surface area contributed by atoms with Crippen LogP contribution in [-0.2, 0) is 9.53 Å². The monoisotopic (exact) mass is 439 g/mol. The molecule has 2 heterocycles. The molecule has 2 aromatic rings. The molecule has 1 fully saturated rings. The maximum Gasteiger partial charge on any atom is 0.227 e. The first kappa shape index (κ1) is 22.5. The predicted octanol–water partition coefficient (Wildman–Crippen LogP) is 4.04. The number of morpholine rings is 1. The average molecular weight is 440 g/mol. The molecular formula is C23H26ClN5O2. The second-order valence-electron chi connectivity index (χ2n) is 6.89. The van der Waals surface area contributed by atoms with Crippen molar-refractivity contribution in [2.45, 2.75) is 6.92 Å². The van der Waals surface area contributed by atoms with Crippen molar-refractivity contribution in [1.29, 1.82) is 0 Å². The molecule has 1 aromatic carbocycles. The minimum atomic E-state index is -0.107. The summed E-state index contributed by atoms with van der Waals surface area (Å²) in [5.74, 6) is 0.701. The lowest BCUT2D eigenvalue weighted by Crippen LogP contribution is -2.34. The Hall–Kier alpha value is -3.16. The van der Waals surface area contributed by atoms with E-state index in [4.69, 9.17) is 16.3 Å². The molecule has 3 rings (SSSR count). The lowest BCUT2D eigenvalue weighted by Gasteiger charge is -2.29. The van der Waals surface area contributed by atoms with Gasteiger partial charge in [-0.15, -0.1) is 11.6 Å². The molecular weight excluding hydrogens is 414 g/mol. The molecule has 0 bridgehead atoms. The maximum atomic E-state index is 11.2. The Morgan fingerprint density at radius 3 is 2.61 bits per heavy atom. The van der Waals surface area contributed by atoms with E-state index < -0.39 is 0 Å². The number of anilines is 2. The molecule has 1 saturated heterocycles. The van der Waals surface area contributed by atoms with E-state index in [-0.39, 0.29) is 5.91 Å². The van der Waals surface area contributed by atoms with Crippen molar-refractivity contribution in [3.05, 3.63) is 72.7 Å². The van der Waals surface area contributed by atoms with Crippen LogP contribution in [0.1, 0.15) is 6.92 Å². The van der Waals surface area contributed by atoms with E-state index >= 15 is 0 Å². The average Bonchev–Trinajstić information content (AvgIpc) is 2.78. The number of carbonyl (C=O) groups is 1. The summed E-state index contributed by atoms with van der Waals surface area (Å²) in [6.07, 6.45) is 7.41. The largest absolute Gasteiger partial charge is 0.378 e. The van der Waals surface area contributed by atoms with Crippen LogP contribution in [0, 0.1) is 0 Å². The number of rotatable bonds is 8. The first-order valence-corrected chi connectivity index (χ1v) is 10.5. The fourth-order valence-electron chi connectivity index (χ4n) is 3.02. The molecule has 1 aliphatic heterocycles. The summed E-state index contributed by atoms with van der Waals surface area (Å²) in [6.45, 7) is 8.69. The van der Waals surface area contributed by atoms with Gasteiger partial charge in [0.25, 0.3) is 0 Å². The molecule has 0 saturated carbocycles. The van der Waals surface area contributed by atoms with Crippen LogP contribution in [0.15, 0.2) is 72.7 Å². The Bertz CT molecular complexity index is 966. The van der Waals surface area contributed by atoms with Crippen molar-refractivity contribution < 1.29 is 9.53 Å². The lowest BCUT2D eigenvalue weighted by atomic mass is 10.1. The van der Waals surface area contributed by atoms with Crippen LogP contribution in [0.5, 0.6) is 0 Å². The molecule has 1 amide bonds. The number of hydrogen-bond acceptors (Lipinski definition) is 6. The van der Waals surface area contributed by atoms with Gasteiger partial charge in [0.2, 0.25) is 11.9 Å². The van der Waals surface area contributed by atoms with E-state index in [0.29, 0.717) is 25.0 Å². The third kappa shape index (κ3) is 6.94. The smallest absolute Gasteiger partial charge is 0.227 e. The zero-order valence-electron chi connectivity index (χ0n) is 17.5. The summed E-state index contributed by atoms with van der Waals surface area (Å²) in [6, 6.07) is 9.31. The normalized spacial score (nSPS) is 14.5. The van der Waals surface area contributed by atoms with Crippen LogP contribution in [0.25, 0.3) is 11.3 Å². The minimum absolute atomic E-state index is 0.107. The number of benzene rings is 1. The van der Waals surface area contributed by atoms with Crippen LogP contribution in [0.2, 0.25) is 0 Å². The van der Waals surface area contributed by atoms with Gasteiger partial charge in [0.05, 0.1) is 18.9 Å². The molecule has 0 aliphatic carbocycles. The van der Waals surface area contributed by atoms with E-state index in [9.17, 15) is 4.79 Å². The van der Waals surface area contributed by atoms with Crippen LogP contribution >= 0.6 is 11.6 Å². The molecule has 0 radical (unpaired) electrons. The van der Waals surface area contributed by atoms with Crippen molar-refractivity contribution in [3.8, 4) is 11.3 Å². The number of aromatic nitrogens is 2. The fourth-order valence-corrected chi connectivity index (χ4v) is 3.19. The zero-order chi connectivity index (χ0) is 22.1. The number of nitrogens with zero attached hydrogens (tertiary/aromatic N) is 3. The van der Waals surface area contributed by atoms with E-state index in [1.807, 2.05) is 48.6 Å². The highest BCUT2D eigenvalue weighted by atomic mass is 35.5. The van der Waals surface area contributed by atoms with Crippen molar-refractivity contribution in [3.63, 3.8) is 0 Å². The van der Waals surface area contributed by atoms with Gasteiger partial charge in [-0.3, -0.25) is 4.79 Å². The SMILES string of the molecule is C=C(/C=C\C(=C/CCl)Nc1nccc(-c2ccc(NC(C)=O)cc2)n1)N1CCOCC1. The van der Waals surface area contributed by atoms with Crippen LogP contribution in [0.4, 0.5) is 11.6 Å². The molecule has 0 unspecified atom stereocenters. The van der Waals surface area contributed by atoms with Crippen molar-refractivity contribution >= 4 is 29.1 Å². The van der Waals surface area contributed by atoms with Gasteiger partial charge in [-0.05, 0) is 36.4 Å². The molecule has 7 nitrogen and oxygen atoms in total. The minimum Gasteiger partial charge on any atom is -0.378 e. The Morgan fingerprint density at radius 1 is 1.19 bits per heavy atom. The highest BCUT2D eigenvalue weighted by Crippen LogP contribution is 2.21. The van der Waals surface area contributed by atoms with E-state index in [2.05, 4.69) is 32.1 Å². The first-order valence-electron chi connectivity index (χ1n) is 9.99. The van der Waals surface area contributed by atoms with Crippen LogP contribution < -0.4 is 10.6 Å². The van der Waals surface area contributed by atoms with Gasteiger partial charge < -0.3 is 20.3 Å². The molecule has 1 aromatic heterocycles. The number of ether oxygens (including phenoxy) is 1. The number of nitrogens with one attached hydrogen (secondary N) is 2. The topological polar surface area (TPSA) is 79.4 Å². The highest BCUT2D eigenvalue weighted by molar-refractivity contribution is 6.19. The third-order valence-electron chi connectivity index (χ3n) is 4.58. The Balaban J connectivity index is 1.70. The maximum absolute atomic E-state index is 11.2. The predicted molar refractivity (Wildman–Crippen MR) is 125 cm³/mol. The molecule has 31 heavy (non-hydrogen) atoms. The van der Waals surface area contributed by atoms with Crippen LogP contribution in [0.3, 0.4) is 0 Å². The standard InChI is InChI=1S/C23H26ClN5O2/c1-17(29-13-15-31-16-14-29)3-6-21(9-11-24)27-23-25-12-10-22(28-23)19-4-7-20(8-5-19)26-18(2)30/h3-10,12H,1,11,13-16H2,2H3,(H,26,30)(H,25,27,28)/b6-3-,21-9+. The van der Waals surface area contributed by atoms with Crippen molar-refractivity contribution in [1.82, 2.24) is 14.9 Å². The van der Waals surface area contributed by atoms with Gasteiger partial charge >= 0.3 is 0 Å². The summed E-state index contributed by atoms with van der Waals surface area (Å²) < 4.78 is 5.38. The number of hydrogen-bond donors (Lipinski definition) is 2. The summed E-state index contributed by atoms with van der Waals surface area (Å²) in [5, 5.41) is 5.96. The number of allylic oxidation sites excluding steroid dienone is 3. The quantitative estimate of drug-likeness (QED) is 0.477. The number of halogens is 1. The third-order valence-corrected chi connectivity index (χ3v) is 4.74. The highest BCUT2D eigenvalue weighted by Gasteiger charge is 2.10. The molecule has 2 N–H and O–H groups in total. The summed E-state index contributed by atoms with van der Waals surface area (Å²) in [4.78, 5) is 22.3. The fraction of sp³-hybridized carbons (Fsp3) is 0.261. The van der Waals surface area contributed by atoms with Gasteiger partial charge in [0.15, 0.2) is 0 Å². The van der Waals surface area contributed by atoms with Crippen molar-refractivity contribution in [2.24, 2.45) is 0 Å². The summed E-state index contributed by atoms with van der Waals surface area (Å²) in [5.41, 5.74) is 4.11. The second kappa shape index (κ2) is 11.3. The van der Waals surface area contributed by atoms with Gasteiger partial charge in [-0.2, -0.15) is 0 Å². The van der Waals surface area contributed by atoms with E-state index in [1.165, 1.54) is 6.92 Å². The lowest BCUT2D eigenvalue weighted by molar-refractivity contribution is -0.114. The van der Waals surface area contributed by atoms with Gasteiger partial charge in [0, 0.05) is 54.7 Å². The molecule has 0 spiro atoms. The van der Waals surface area contributed by atoms with Crippen molar-refractivity contribution in [2.75, 3.05) is 42.8 Å². The second-order valence-corrected chi connectivity index (χ2v) is 7.20. The Kier molecular flexibility index (Phi) is 8.20. The van der Waals surface area contributed by atoms with E-state index in [0.717, 1.165) is 41.4 Å².